The highest BCUT2D eigenvalue weighted by Gasteiger charge is 2.18. The highest BCUT2D eigenvalue weighted by molar-refractivity contribution is 5.02. The van der Waals surface area contributed by atoms with Crippen molar-refractivity contribution in [1.29, 1.82) is 0 Å². The molecule has 0 bridgehead atoms. The molecular formula is C29H56N2. The van der Waals surface area contributed by atoms with Gasteiger partial charge >= 0.3 is 0 Å². The maximum absolute atomic E-state index is 4.82. The molecule has 0 amide bonds. The van der Waals surface area contributed by atoms with Gasteiger partial charge in [0.15, 0.2) is 0 Å². The van der Waals surface area contributed by atoms with E-state index in [0.717, 1.165) is 0 Å². The Morgan fingerprint density at radius 1 is 0.613 bits per heavy atom. The maximum atomic E-state index is 4.82. The minimum absolute atomic E-state index is 0.593. The predicted molar refractivity (Wildman–Crippen MR) is 139 cm³/mol. The van der Waals surface area contributed by atoms with E-state index < -0.39 is 0 Å². The van der Waals surface area contributed by atoms with Gasteiger partial charge in [-0.05, 0) is 26.2 Å². The second kappa shape index (κ2) is 19.9. The zero-order valence-corrected chi connectivity index (χ0v) is 21.8. The lowest BCUT2D eigenvalue weighted by molar-refractivity contribution is 0.419. The number of aromatic nitrogens is 2. The van der Waals surface area contributed by atoms with Gasteiger partial charge in [-0.3, -0.25) is 0 Å². The van der Waals surface area contributed by atoms with Crippen molar-refractivity contribution in [3.63, 3.8) is 0 Å². The van der Waals surface area contributed by atoms with Crippen LogP contribution in [0.4, 0.5) is 0 Å². The summed E-state index contributed by atoms with van der Waals surface area (Å²) >= 11 is 0. The summed E-state index contributed by atoms with van der Waals surface area (Å²) in [4.78, 5) is 4.82. The second-order valence-electron chi connectivity index (χ2n) is 10.1. The predicted octanol–water partition coefficient (Wildman–Crippen LogP) is 10.4. The fourth-order valence-corrected chi connectivity index (χ4v) is 4.91. The Balaban J connectivity index is 2.17. The van der Waals surface area contributed by atoms with Crippen LogP contribution in [0.3, 0.4) is 0 Å². The molecule has 2 nitrogen and oxygen atoms in total. The molecule has 0 radical (unpaired) electrons. The lowest BCUT2D eigenvalue weighted by atomic mass is 9.94. The topological polar surface area (TPSA) is 17.8 Å². The minimum Gasteiger partial charge on any atom is -0.332 e. The SMILES string of the molecule is CCCCCCCCCCCCCCCC(C)n1ccnc1C(CCCC)CCCC. The van der Waals surface area contributed by atoms with Crippen LogP contribution in [-0.4, -0.2) is 9.55 Å². The zero-order chi connectivity index (χ0) is 22.6. The summed E-state index contributed by atoms with van der Waals surface area (Å²) in [7, 11) is 0. The summed E-state index contributed by atoms with van der Waals surface area (Å²) in [6, 6.07) is 0.593. The largest absolute Gasteiger partial charge is 0.332 e. The first kappa shape index (κ1) is 28.2. The average molecular weight is 433 g/mol. The summed E-state index contributed by atoms with van der Waals surface area (Å²) in [5.74, 6) is 2.02. The highest BCUT2D eigenvalue weighted by atomic mass is 15.1. The Kier molecular flexibility index (Phi) is 18.1. The summed E-state index contributed by atoms with van der Waals surface area (Å²) in [5, 5.41) is 0. The molecule has 0 aliphatic heterocycles. The van der Waals surface area contributed by atoms with Gasteiger partial charge in [0.2, 0.25) is 0 Å². The molecule has 0 saturated carbocycles. The molecule has 1 aromatic rings. The zero-order valence-electron chi connectivity index (χ0n) is 21.8. The van der Waals surface area contributed by atoms with Crippen LogP contribution in [0.5, 0.6) is 0 Å². The van der Waals surface area contributed by atoms with Crippen molar-refractivity contribution in [2.75, 3.05) is 0 Å². The van der Waals surface area contributed by atoms with Crippen molar-refractivity contribution in [2.45, 2.75) is 168 Å². The monoisotopic (exact) mass is 432 g/mol. The molecule has 1 rings (SSSR count). The second-order valence-corrected chi connectivity index (χ2v) is 10.1. The minimum atomic E-state index is 0.593. The van der Waals surface area contributed by atoms with Crippen molar-refractivity contribution in [1.82, 2.24) is 9.55 Å². The van der Waals surface area contributed by atoms with Gasteiger partial charge in [0.05, 0.1) is 0 Å². The number of unbranched alkanes of at least 4 members (excludes halogenated alkanes) is 14. The molecule has 1 unspecified atom stereocenters. The third-order valence-electron chi connectivity index (χ3n) is 7.08. The molecule has 0 aliphatic carbocycles. The normalized spacial score (nSPS) is 12.7. The van der Waals surface area contributed by atoms with Gasteiger partial charge in [0, 0.05) is 24.4 Å². The summed E-state index contributed by atoms with van der Waals surface area (Å²) in [6.07, 6.45) is 32.1. The van der Waals surface area contributed by atoms with Gasteiger partial charge in [-0.1, -0.05) is 130 Å². The van der Waals surface area contributed by atoms with Gasteiger partial charge in [-0.25, -0.2) is 4.98 Å². The maximum Gasteiger partial charge on any atom is 0.111 e. The van der Waals surface area contributed by atoms with Gasteiger partial charge in [0.1, 0.15) is 5.82 Å². The first-order chi connectivity index (χ1) is 15.2. The molecule has 0 aliphatic rings. The Morgan fingerprint density at radius 2 is 1.06 bits per heavy atom. The highest BCUT2D eigenvalue weighted by Crippen LogP contribution is 2.29. The van der Waals surface area contributed by atoms with E-state index in [9.17, 15) is 0 Å². The van der Waals surface area contributed by atoms with Crippen molar-refractivity contribution >= 4 is 0 Å². The van der Waals surface area contributed by atoms with Crippen LogP contribution in [0.15, 0.2) is 12.4 Å². The molecule has 1 aromatic heterocycles. The van der Waals surface area contributed by atoms with Crippen LogP contribution in [0.25, 0.3) is 0 Å². The van der Waals surface area contributed by atoms with Gasteiger partial charge in [0.25, 0.3) is 0 Å². The molecule has 1 heterocycles. The smallest absolute Gasteiger partial charge is 0.111 e. The van der Waals surface area contributed by atoms with Crippen molar-refractivity contribution in [3.8, 4) is 0 Å². The van der Waals surface area contributed by atoms with Crippen LogP contribution in [0.2, 0.25) is 0 Å². The third kappa shape index (κ3) is 13.4. The number of hydrogen-bond donors (Lipinski definition) is 0. The number of imidazole rings is 1. The van der Waals surface area contributed by atoms with Crippen LogP contribution in [-0.2, 0) is 0 Å². The summed E-state index contributed by atoms with van der Waals surface area (Å²) in [6.45, 7) is 9.32. The standard InChI is InChI=1S/C29H56N2/c1-5-8-11-12-13-14-15-16-17-18-19-20-21-22-27(4)31-26-25-30-29(31)28(23-9-6-2)24-10-7-3/h25-28H,5-24H2,1-4H3. The van der Waals surface area contributed by atoms with Crippen molar-refractivity contribution in [3.05, 3.63) is 18.2 Å². The molecule has 0 aromatic carbocycles. The van der Waals surface area contributed by atoms with E-state index in [2.05, 4.69) is 38.5 Å². The van der Waals surface area contributed by atoms with Crippen LogP contribution < -0.4 is 0 Å². The third-order valence-corrected chi connectivity index (χ3v) is 7.08. The van der Waals surface area contributed by atoms with E-state index in [1.165, 1.54) is 134 Å². The average Bonchev–Trinajstić information content (AvgIpc) is 3.27. The fourth-order valence-electron chi connectivity index (χ4n) is 4.91. The van der Waals surface area contributed by atoms with Gasteiger partial charge in [-0.2, -0.15) is 0 Å². The molecule has 0 fully saturated rings. The lowest BCUT2D eigenvalue weighted by Gasteiger charge is -2.22. The Labute approximate surface area is 196 Å². The molecule has 0 spiro atoms. The quantitative estimate of drug-likeness (QED) is 0.167. The molecule has 2 heteroatoms. The Hall–Kier alpha value is -0.790. The first-order valence-corrected chi connectivity index (χ1v) is 14.3. The van der Waals surface area contributed by atoms with E-state index in [1.807, 2.05) is 6.20 Å². The summed E-state index contributed by atoms with van der Waals surface area (Å²) < 4.78 is 2.51. The molecule has 0 N–H and O–H groups in total. The van der Waals surface area contributed by atoms with Crippen LogP contribution in [0, 0.1) is 0 Å². The molecule has 1 atom stereocenters. The molecular weight excluding hydrogens is 376 g/mol. The van der Waals surface area contributed by atoms with Gasteiger partial charge in [-0.15, -0.1) is 0 Å². The van der Waals surface area contributed by atoms with E-state index in [-0.39, 0.29) is 0 Å². The summed E-state index contributed by atoms with van der Waals surface area (Å²) in [5.41, 5.74) is 0. The van der Waals surface area contributed by atoms with Crippen LogP contribution in [0.1, 0.15) is 174 Å². The molecule has 182 valence electrons. The molecule has 31 heavy (non-hydrogen) atoms. The van der Waals surface area contributed by atoms with E-state index >= 15 is 0 Å². The number of rotatable bonds is 22. The van der Waals surface area contributed by atoms with E-state index in [4.69, 9.17) is 4.98 Å². The fraction of sp³-hybridized carbons (Fsp3) is 0.897. The van der Waals surface area contributed by atoms with Crippen molar-refractivity contribution in [2.24, 2.45) is 0 Å². The van der Waals surface area contributed by atoms with E-state index in [1.54, 1.807) is 0 Å². The van der Waals surface area contributed by atoms with Crippen molar-refractivity contribution < 1.29 is 0 Å². The number of nitrogens with zero attached hydrogens (tertiary/aromatic N) is 2. The van der Waals surface area contributed by atoms with Gasteiger partial charge < -0.3 is 4.57 Å². The number of hydrogen-bond acceptors (Lipinski definition) is 1. The first-order valence-electron chi connectivity index (χ1n) is 14.3. The Bertz CT molecular complexity index is 485. The lowest BCUT2D eigenvalue weighted by Crippen LogP contribution is -2.13. The van der Waals surface area contributed by atoms with E-state index in [0.29, 0.717) is 12.0 Å². The Morgan fingerprint density at radius 3 is 1.55 bits per heavy atom. The molecule has 0 saturated heterocycles. The van der Waals surface area contributed by atoms with Crippen LogP contribution >= 0.6 is 0 Å².